The number of hydrogen-bond acceptors (Lipinski definition) is 2. The van der Waals surface area contributed by atoms with E-state index >= 15 is 0 Å². The van der Waals surface area contributed by atoms with Crippen molar-refractivity contribution in [1.82, 2.24) is 0 Å². The smallest absolute Gasteiger partial charge is 0.173 e. The summed E-state index contributed by atoms with van der Waals surface area (Å²) in [7, 11) is 0. The van der Waals surface area contributed by atoms with Crippen molar-refractivity contribution < 1.29 is 9.53 Å². The largest absolute Gasteiger partial charge is 0.483 e. The standard InChI is InChI=1S/C17H15BrO2/c1-10-8-13-15(19)11(2)16(12-6-4-3-5-7-12)20-17(13)14(18)9-10/h3-9,11,16H,1-2H3. The molecule has 0 N–H and O–H groups in total. The molecular formula is C17H15BrO2. The van der Waals surface area contributed by atoms with Gasteiger partial charge >= 0.3 is 0 Å². The van der Waals surface area contributed by atoms with Crippen LogP contribution in [0.4, 0.5) is 0 Å². The molecule has 0 amide bonds. The van der Waals surface area contributed by atoms with Gasteiger partial charge in [0.25, 0.3) is 0 Å². The minimum atomic E-state index is -0.227. The Morgan fingerprint density at radius 3 is 2.55 bits per heavy atom. The third kappa shape index (κ3) is 2.16. The highest BCUT2D eigenvalue weighted by atomic mass is 79.9. The molecule has 2 nitrogen and oxygen atoms in total. The van der Waals surface area contributed by atoms with Gasteiger partial charge in [0.2, 0.25) is 0 Å². The molecule has 0 aliphatic carbocycles. The van der Waals surface area contributed by atoms with Crippen molar-refractivity contribution in [3.05, 3.63) is 63.6 Å². The molecule has 20 heavy (non-hydrogen) atoms. The van der Waals surface area contributed by atoms with Crippen LogP contribution in [-0.2, 0) is 0 Å². The minimum Gasteiger partial charge on any atom is -0.483 e. The number of carbonyl (C=O) groups excluding carboxylic acids is 1. The van der Waals surface area contributed by atoms with Crippen molar-refractivity contribution in [1.29, 1.82) is 0 Å². The molecule has 1 aliphatic rings. The summed E-state index contributed by atoms with van der Waals surface area (Å²) >= 11 is 3.50. The Labute approximate surface area is 126 Å². The fraction of sp³-hybridized carbons (Fsp3) is 0.235. The lowest BCUT2D eigenvalue weighted by atomic mass is 9.86. The second kappa shape index (κ2) is 5.06. The van der Waals surface area contributed by atoms with Crippen LogP contribution < -0.4 is 4.74 Å². The molecule has 0 bridgehead atoms. The zero-order valence-corrected chi connectivity index (χ0v) is 13.0. The summed E-state index contributed by atoms with van der Waals surface area (Å²) in [5, 5.41) is 0. The van der Waals surface area contributed by atoms with Crippen LogP contribution in [0.1, 0.15) is 34.5 Å². The highest BCUT2D eigenvalue weighted by Crippen LogP contribution is 2.42. The van der Waals surface area contributed by atoms with Gasteiger partial charge < -0.3 is 4.74 Å². The third-order valence-electron chi connectivity index (χ3n) is 3.69. The van der Waals surface area contributed by atoms with Gasteiger partial charge in [-0.15, -0.1) is 0 Å². The molecule has 1 heterocycles. The molecule has 3 heteroatoms. The van der Waals surface area contributed by atoms with Crippen LogP contribution >= 0.6 is 15.9 Å². The molecule has 0 spiro atoms. The maximum atomic E-state index is 12.6. The summed E-state index contributed by atoms with van der Waals surface area (Å²) < 4.78 is 6.96. The van der Waals surface area contributed by atoms with Gasteiger partial charge in [-0.25, -0.2) is 0 Å². The van der Waals surface area contributed by atoms with Crippen molar-refractivity contribution in [3.63, 3.8) is 0 Å². The van der Waals surface area contributed by atoms with E-state index in [-0.39, 0.29) is 17.8 Å². The summed E-state index contributed by atoms with van der Waals surface area (Å²) in [4.78, 5) is 12.6. The summed E-state index contributed by atoms with van der Waals surface area (Å²) in [6, 6.07) is 13.8. The van der Waals surface area contributed by atoms with Gasteiger partial charge in [-0.2, -0.15) is 0 Å². The summed E-state index contributed by atoms with van der Waals surface area (Å²) in [5.41, 5.74) is 2.76. The lowest BCUT2D eigenvalue weighted by Gasteiger charge is -2.31. The van der Waals surface area contributed by atoms with Gasteiger partial charge in [-0.05, 0) is 46.1 Å². The molecule has 102 valence electrons. The topological polar surface area (TPSA) is 26.3 Å². The van der Waals surface area contributed by atoms with E-state index < -0.39 is 0 Å². The molecule has 0 radical (unpaired) electrons. The minimum absolute atomic E-state index is 0.143. The molecule has 0 aromatic heterocycles. The van der Waals surface area contributed by atoms with Gasteiger partial charge in [0.05, 0.1) is 16.0 Å². The SMILES string of the molecule is Cc1cc(Br)c2c(c1)C(=O)C(C)C(c1ccccc1)O2. The van der Waals surface area contributed by atoms with Gasteiger partial charge in [-0.3, -0.25) is 4.79 Å². The van der Waals surface area contributed by atoms with Crippen LogP contribution in [0.2, 0.25) is 0 Å². The second-order valence-electron chi connectivity index (χ2n) is 5.23. The van der Waals surface area contributed by atoms with E-state index in [9.17, 15) is 4.79 Å². The monoisotopic (exact) mass is 330 g/mol. The number of aryl methyl sites for hydroxylation is 1. The first kappa shape index (κ1) is 13.4. The van der Waals surface area contributed by atoms with E-state index in [1.807, 2.05) is 56.3 Å². The van der Waals surface area contributed by atoms with E-state index in [2.05, 4.69) is 15.9 Å². The highest BCUT2D eigenvalue weighted by molar-refractivity contribution is 9.10. The Balaban J connectivity index is 2.09. The van der Waals surface area contributed by atoms with E-state index in [4.69, 9.17) is 4.74 Å². The number of halogens is 1. The maximum absolute atomic E-state index is 12.6. The van der Waals surface area contributed by atoms with E-state index in [0.29, 0.717) is 11.3 Å². The molecule has 0 saturated heterocycles. The van der Waals surface area contributed by atoms with E-state index in [1.54, 1.807) is 0 Å². The van der Waals surface area contributed by atoms with Crippen LogP contribution in [0, 0.1) is 12.8 Å². The number of ether oxygens (including phenoxy) is 1. The third-order valence-corrected chi connectivity index (χ3v) is 4.28. The Hall–Kier alpha value is -1.61. The number of ketones is 1. The molecule has 2 atom stereocenters. The Bertz CT molecular complexity index is 664. The number of rotatable bonds is 1. The first-order valence-electron chi connectivity index (χ1n) is 6.64. The molecule has 2 unspecified atom stereocenters. The lowest BCUT2D eigenvalue weighted by molar-refractivity contribution is 0.0687. The second-order valence-corrected chi connectivity index (χ2v) is 6.08. The maximum Gasteiger partial charge on any atom is 0.173 e. The Morgan fingerprint density at radius 1 is 1.15 bits per heavy atom. The van der Waals surface area contributed by atoms with Gasteiger partial charge in [0.1, 0.15) is 11.9 Å². The van der Waals surface area contributed by atoms with Crippen molar-refractivity contribution in [2.45, 2.75) is 20.0 Å². The van der Waals surface area contributed by atoms with Crippen molar-refractivity contribution >= 4 is 21.7 Å². The number of fused-ring (bicyclic) bond motifs is 1. The number of Topliss-reactive ketones (excluding diaryl/α,β-unsaturated/α-hetero) is 1. The highest BCUT2D eigenvalue weighted by Gasteiger charge is 2.36. The Kier molecular flexibility index (Phi) is 3.38. The first-order valence-corrected chi connectivity index (χ1v) is 7.43. The van der Waals surface area contributed by atoms with Crippen LogP contribution in [0.15, 0.2) is 46.9 Å². The summed E-state index contributed by atoms with van der Waals surface area (Å²) in [5.74, 6) is 0.621. The number of carbonyl (C=O) groups is 1. The zero-order chi connectivity index (χ0) is 14.3. The first-order chi connectivity index (χ1) is 9.58. The average molecular weight is 331 g/mol. The summed E-state index contributed by atoms with van der Waals surface area (Å²) in [6.07, 6.45) is -0.227. The molecule has 0 saturated carbocycles. The van der Waals surface area contributed by atoms with Crippen LogP contribution in [0.25, 0.3) is 0 Å². The van der Waals surface area contributed by atoms with Crippen LogP contribution in [0.5, 0.6) is 5.75 Å². The van der Waals surface area contributed by atoms with E-state index in [1.165, 1.54) is 0 Å². The fourth-order valence-electron chi connectivity index (χ4n) is 2.64. The molecule has 0 fully saturated rings. The molecule has 1 aliphatic heterocycles. The Morgan fingerprint density at radius 2 is 1.85 bits per heavy atom. The van der Waals surface area contributed by atoms with Crippen LogP contribution in [-0.4, -0.2) is 5.78 Å². The molecule has 2 aromatic carbocycles. The number of benzene rings is 2. The van der Waals surface area contributed by atoms with Crippen LogP contribution in [0.3, 0.4) is 0 Å². The summed E-state index contributed by atoms with van der Waals surface area (Å²) in [6.45, 7) is 3.91. The average Bonchev–Trinajstić information content (AvgIpc) is 2.44. The number of hydrogen-bond donors (Lipinski definition) is 0. The quantitative estimate of drug-likeness (QED) is 0.756. The van der Waals surface area contributed by atoms with Gasteiger partial charge in [0, 0.05) is 0 Å². The molecular weight excluding hydrogens is 316 g/mol. The predicted molar refractivity (Wildman–Crippen MR) is 82.2 cm³/mol. The van der Waals surface area contributed by atoms with Crippen molar-refractivity contribution in [3.8, 4) is 5.75 Å². The van der Waals surface area contributed by atoms with Crippen molar-refractivity contribution in [2.75, 3.05) is 0 Å². The molecule has 2 aromatic rings. The van der Waals surface area contributed by atoms with Crippen molar-refractivity contribution in [2.24, 2.45) is 5.92 Å². The van der Waals surface area contributed by atoms with Gasteiger partial charge in [0.15, 0.2) is 5.78 Å². The lowest BCUT2D eigenvalue weighted by Crippen LogP contribution is -2.29. The predicted octanol–water partition coefficient (Wildman–Crippen LogP) is 4.71. The van der Waals surface area contributed by atoms with Gasteiger partial charge in [-0.1, -0.05) is 37.3 Å². The fourth-order valence-corrected chi connectivity index (χ4v) is 3.31. The normalized spacial score (nSPS) is 21.2. The van der Waals surface area contributed by atoms with E-state index in [0.717, 1.165) is 15.6 Å². The zero-order valence-electron chi connectivity index (χ0n) is 11.4. The molecule has 3 rings (SSSR count).